The molecule has 0 fully saturated rings. The Labute approximate surface area is 140 Å². The fourth-order valence-corrected chi connectivity index (χ4v) is 3.58. The molecule has 116 valence electrons. The summed E-state index contributed by atoms with van der Waals surface area (Å²) in [6.07, 6.45) is 0.909. The molecule has 23 heavy (non-hydrogen) atoms. The normalized spacial score (nSPS) is 14.1. The lowest BCUT2D eigenvalue weighted by molar-refractivity contribution is 0.0725. The molecule has 0 atom stereocenters. The van der Waals surface area contributed by atoms with Gasteiger partial charge in [0.1, 0.15) is 5.69 Å². The molecule has 0 aliphatic carbocycles. The second-order valence-electron chi connectivity index (χ2n) is 6.01. The monoisotopic (exact) mass is 324 g/mol. The molecule has 0 unspecified atom stereocenters. The minimum atomic E-state index is 0.0641. The van der Waals surface area contributed by atoms with E-state index in [1.54, 1.807) is 0 Å². The molecule has 2 aromatic carbocycles. The number of amides is 1. The van der Waals surface area contributed by atoms with Crippen LogP contribution in [0.2, 0.25) is 5.02 Å². The fourth-order valence-electron chi connectivity index (χ4n) is 3.36. The summed E-state index contributed by atoms with van der Waals surface area (Å²) in [6, 6.07) is 16.0. The summed E-state index contributed by atoms with van der Waals surface area (Å²) in [6.45, 7) is 1.43. The predicted molar refractivity (Wildman–Crippen MR) is 92.8 cm³/mol. The van der Waals surface area contributed by atoms with Crippen LogP contribution < -0.4 is 0 Å². The molecule has 4 rings (SSSR count). The molecule has 3 nitrogen and oxygen atoms in total. The number of benzene rings is 2. The van der Waals surface area contributed by atoms with E-state index in [-0.39, 0.29) is 5.91 Å². The van der Waals surface area contributed by atoms with Crippen molar-refractivity contribution in [3.63, 3.8) is 0 Å². The van der Waals surface area contributed by atoms with Crippen molar-refractivity contribution in [2.75, 3.05) is 6.54 Å². The van der Waals surface area contributed by atoms with Crippen LogP contribution in [0.5, 0.6) is 0 Å². The van der Waals surface area contributed by atoms with Gasteiger partial charge in [0.2, 0.25) is 0 Å². The summed E-state index contributed by atoms with van der Waals surface area (Å²) in [5.74, 6) is 0.0641. The second kappa shape index (κ2) is 5.43. The quantitative estimate of drug-likeness (QED) is 0.663. The van der Waals surface area contributed by atoms with Gasteiger partial charge in [-0.3, -0.25) is 4.79 Å². The van der Waals surface area contributed by atoms with Crippen molar-refractivity contribution in [2.45, 2.75) is 13.0 Å². The van der Waals surface area contributed by atoms with Crippen LogP contribution in [0, 0.1) is 0 Å². The first-order chi connectivity index (χ1) is 11.1. The average Bonchev–Trinajstić information content (AvgIpc) is 2.92. The van der Waals surface area contributed by atoms with Gasteiger partial charge in [-0.15, -0.1) is 0 Å². The molecule has 0 spiro atoms. The lowest BCUT2D eigenvalue weighted by Gasteiger charge is -2.29. The molecule has 1 aliphatic heterocycles. The van der Waals surface area contributed by atoms with Crippen LogP contribution in [0.3, 0.4) is 0 Å². The topological polar surface area (TPSA) is 25.2 Å². The molecule has 0 radical (unpaired) electrons. The van der Waals surface area contributed by atoms with E-state index in [4.69, 9.17) is 11.6 Å². The SMILES string of the molecule is Cn1c(C(=O)N2CCc3ccccc3C2)cc2c(Cl)cccc21. The zero-order chi connectivity index (χ0) is 16.0. The Bertz CT molecular complexity index is 913. The van der Waals surface area contributed by atoms with Gasteiger partial charge in [0.15, 0.2) is 0 Å². The largest absolute Gasteiger partial charge is 0.340 e. The minimum absolute atomic E-state index is 0.0641. The maximum atomic E-state index is 13.0. The van der Waals surface area contributed by atoms with Gasteiger partial charge in [-0.25, -0.2) is 0 Å². The Balaban J connectivity index is 1.71. The lowest BCUT2D eigenvalue weighted by atomic mass is 10.00. The van der Waals surface area contributed by atoms with E-state index in [1.165, 1.54) is 11.1 Å². The summed E-state index contributed by atoms with van der Waals surface area (Å²) >= 11 is 6.26. The van der Waals surface area contributed by atoms with E-state index in [0.717, 1.165) is 23.9 Å². The van der Waals surface area contributed by atoms with Crippen molar-refractivity contribution in [1.82, 2.24) is 9.47 Å². The van der Waals surface area contributed by atoms with Crippen molar-refractivity contribution in [3.05, 3.63) is 70.4 Å². The third-order valence-electron chi connectivity index (χ3n) is 4.67. The maximum absolute atomic E-state index is 13.0. The van der Waals surface area contributed by atoms with Crippen LogP contribution in [0.25, 0.3) is 10.9 Å². The number of carbonyl (C=O) groups is 1. The van der Waals surface area contributed by atoms with Crippen LogP contribution in [0.15, 0.2) is 48.5 Å². The Hall–Kier alpha value is -2.26. The number of carbonyl (C=O) groups excluding carboxylic acids is 1. The average molecular weight is 325 g/mol. The number of nitrogens with zero attached hydrogens (tertiary/aromatic N) is 2. The third-order valence-corrected chi connectivity index (χ3v) is 5.00. The van der Waals surface area contributed by atoms with Gasteiger partial charge in [0.05, 0.1) is 0 Å². The first-order valence-corrected chi connectivity index (χ1v) is 8.13. The maximum Gasteiger partial charge on any atom is 0.270 e. The van der Waals surface area contributed by atoms with Crippen molar-refractivity contribution in [2.24, 2.45) is 7.05 Å². The third kappa shape index (κ3) is 2.32. The lowest BCUT2D eigenvalue weighted by Crippen LogP contribution is -2.36. The zero-order valence-corrected chi connectivity index (χ0v) is 13.7. The van der Waals surface area contributed by atoms with Gasteiger partial charge in [0, 0.05) is 36.1 Å². The van der Waals surface area contributed by atoms with Crippen LogP contribution in [-0.2, 0) is 20.0 Å². The summed E-state index contributed by atoms with van der Waals surface area (Å²) in [4.78, 5) is 14.9. The number of hydrogen-bond acceptors (Lipinski definition) is 1. The van der Waals surface area contributed by atoms with E-state index < -0.39 is 0 Å². The first kappa shape index (κ1) is 14.3. The smallest absolute Gasteiger partial charge is 0.270 e. The van der Waals surface area contributed by atoms with Gasteiger partial charge >= 0.3 is 0 Å². The predicted octanol–water partition coefficient (Wildman–Crippen LogP) is 4.03. The number of aryl methyl sites for hydroxylation is 1. The molecule has 3 aromatic rings. The summed E-state index contributed by atoms with van der Waals surface area (Å²) < 4.78 is 1.93. The van der Waals surface area contributed by atoms with Gasteiger partial charge < -0.3 is 9.47 Å². The van der Waals surface area contributed by atoms with Gasteiger partial charge in [-0.2, -0.15) is 0 Å². The molecule has 1 aromatic heterocycles. The molecule has 0 saturated heterocycles. The standard InChI is InChI=1S/C19H17ClN2O/c1-21-17-8-4-7-16(20)15(17)11-18(21)19(23)22-10-9-13-5-2-3-6-14(13)12-22/h2-8,11H,9-10,12H2,1H3. The Morgan fingerprint density at radius 2 is 1.87 bits per heavy atom. The van der Waals surface area contributed by atoms with Crippen LogP contribution in [-0.4, -0.2) is 21.9 Å². The van der Waals surface area contributed by atoms with Gasteiger partial charge in [-0.1, -0.05) is 41.9 Å². The number of hydrogen-bond donors (Lipinski definition) is 0. The van der Waals surface area contributed by atoms with Crippen molar-refractivity contribution in [3.8, 4) is 0 Å². The molecule has 1 aliphatic rings. The van der Waals surface area contributed by atoms with Gasteiger partial charge in [0.25, 0.3) is 5.91 Å². The van der Waals surface area contributed by atoms with Crippen LogP contribution in [0.1, 0.15) is 21.6 Å². The highest BCUT2D eigenvalue weighted by Crippen LogP contribution is 2.28. The van der Waals surface area contributed by atoms with Crippen LogP contribution in [0.4, 0.5) is 0 Å². The first-order valence-electron chi connectivity index (χ1n) is 7.75. The molecule has 0 saturated carbocycles. The summed E-state index contributed by atoms with van der Waals surface area (Å²) in [5.41, 5.74) is 4.26. The molecule has 2 heterocycles. The highest BCUT2D eigenvalue weighted by Gasteiger charge is 2.24. The molecule has 1 amide bonds. The van der Waals surface area contributed by atoms with Crippen molar-refractivity contribution >= 4 is 28.4 Å². The fraction of sp³-hybridized carbons (Fsp3) is 0.211. The number of aromatic nitrogens is 1. The highest BCUT2D eigenvalue weighted by molar-refractivity contribution is 6.35. The van der Waals surface area contributed by atoms with E-state index in [1.807, 2.05) is 46.8 Å². The Morgan fingerprint density at radius 1 is 1.09 bits per heavy atom. The van der Waals surface area contributed by atoms with E-state index in [0.29, 0.717) is 17.3 Å². The Kier molecular flexibility index (Phi) is 3.38. The van der Waals surface area contributed by atoms with E-state index >= 15 is 0 Å². The van der Waals surface area contributed by atoms with Crippen molar-refractivity contribution < 1.29 is 4.79 Å². The molecular formula is C19H17ClN2O. The number of rotatable bonds is 1. The molecule has 0 N–H and O–H groups in total. The number of fused-ring (bicyclic) bond motifs is 2. The second-order valence-corrected chi connectivity index (χ2v) is 6.41. The molecule has 4 heteroatoms. The van der Waals surface area contributed by atoms with Gasteiger partial charge in [-0.05, 0) is 35.7 Å². The highest BCUT2D eigenvalue weighted by atomic mass is 35.5. The molecular weight excluding hydrogens is 308 g/mol. The van der Waals surface area contributed by atoms with E-state index in [2.05, 4.69) is 18.2 Å². The number of halogens is 1. The van der Waals surface area contributed by atoms with E-state index in [9.17, 15) is 4.79 Å². The van der Waals surface area contributed by atoms with Crippen molar-refractivity contribution in [1.29, 1.82) is 0 Å². The zero-order valence-electron chi connectivity index (χ0n) is 12.9. The minimum Gasteiger partial charge on any atom is -0.340 e. The van der Waals surface area contributed by atoms with Crippen LogP contribution >= 0.6 is 11.6 Å². The summed E-state index contributed by atoms with van der Waals surface area (Å²) in [5, 5.41) is 1.61. The summed E-state index contributed by atoms with van der Waals surface area (Å²) in [7, 11) is 1.92. The Morgan fingerprint density at radius 3 is 2.65 bits per heavy atom. The molecule has 0 bridgehead atoms.